The van der Waals surface area contributed by atoms with E-state index in [9.17, 15) is 9.59 Å². The van der Waals surface area contributed by atoms with Crippen molar-refractivity contribution >= 4 is 17.0 Å². The van der Waals surface area contributed by atoms with Crippen LogP contribution in [0, 0.1) is 0 Å². The fourth-order valence-electron chi connectivity index (χ4n) is 2.90. The number of aromatic nitrogens is 1. The highest BCUT2D eigenvalue weighted by atomic mass is 16.5. The maximum Gasteiger partial charge on any atom is 0.420 e. The van der Waals surface area contributed by atoms with Crippen molar-refractivity contribution in [2.75, 3.05) is 6.61 Å². The molecule has 0 saturated carbocycles. The van der Waals surface area contributed by atoms with Gasteiger partial charge in [0.15, 0.2) is 5.58 Å². The van der Waals surface area contributed by atoms with Gasteiger partial charge in [-0.1, -0.05) is 24.3 Å². The molecule has 0 saturated heterocycles. The van der Waals surface area contributed by atoms with E-state index < -0.39 is 11.8 Å². The van der Waals surface area contributed by atoms with E-state index >= 15 is 0 Å². The van der Waals surface area contributed by atoms with Crippen molar-refractivity contribution < 1.29 is 13.9 Å². The molecule has 0 aliphatic rings. The van der Waals surface area contributed by atoms with Crippen molar-refractivity contribution in [3.05, 3.63) is 64.6 Å². The van der Waals surface area contributed by atoms with Crippen molar-refractivity contribution in [3.8, 4) is 5.75 Å². The largest absolute Gasteiger partial charge is 0.494 e. The lowest BCUT2D eigenvalue weighted by atomic mass is 10.1. The van der Waals surface area contributed by atoms with Crippen LogP contribution in [0.15, 0.2) is 57.7 Å². The zero-order valence-electron chi connectivity index (χ0n) is 15.1. The van der Waals surface area contributed by atoms with Crippen LogP contribution in [0.1, 0.15) is 38.4 Å². The third-order valence-electron chi connectivity index (χ3n) is 4.34. The summed E-state index contributed by atoms with van der Waals surface area (Å²) in [5, 5.41) is 2.95. The third kappa shape index (κ3) is 3.49. The summed E-state index contributed by atoms with van der Waals surface area (Å²) in [6, 6.07) is 13.8. The lowest BCUT2D eigenvalue weighted by Gasteiger charge is -2.18. The molecule has 1 amide bonds. The molecule has 0 aliphatic heterocycles. The van der Waals surface area contributed by atoms with Crippen LogP contribution in [0.5, 0.6) is 5.75 Å². The van der Waals surface area contributed by atoms with E-state index in [0.717, 1.165) is 11.3 Å². The zero-order valence-corrected chi connectivity index (χ0v) is 15.1. The standard InChI is InChI=1S/C20H22N2O4/c1-4-25-16-11-9-15(10-12-16)13(2)21-19(23)14(3)22-17-7-5-6-8-18(17)26-20(22)24/h5-14H,4H2,1-3H3,(H,21,23). The van der Waals surface area contributed by atoms with Crippen molar-refractivity contribution in [1.82, 2.24) is 9.88 Å². The first-order valence-electron chi connectivity index (χ1n) is 8.64. The monoisotopic (exact) mass is 354 g/mol. The first-order chi connectivity index (χ1) is 12.5. The normalized spacial score (nSPS) is 13.3. The van der Waals surface area contributed by atoms with Gasteiger partial charge in [0.1, 0.15) is 11.8 Å². The fourth-order valence-corrected chi connectivity index (χ4v) is 2.90. The van der Waals surface area contributed by atoms with Gasteiger partial charge in [0.25, 0.3) is 0 Å². The molecule has 1 aromatic heterocycles. The molecule has 6 heteroatoms. The van der Waals surface area contributed by atoms with Crippen LogP contribution < -0.4 is 15.8 Å². The number of nitrogens with zero attached hydrogens (tertiary/aromatic N) is 1. The molecule has 0 radical (unpaired) electrons. The van der Waals surface area contributed by atoms with Gasteiger partial charge >= 0.3 is 5.76 Å². The van der Waals surface area contributed by atoms with Crippen LogP contribution in [0.25, 0.3) is 11.1 Å². The topological polar surface area (TPSA) is 73.5 Å². The summed E-state index contributed by atoms with van der Waals surface area (Å²) in [7, 11) is 0. The fraction of sp³-hybridized carbons (Fsp3) is 0.300. The number of oxazole rings is 1. The van der Waals surface area contributed by atoms with Gasteiger partial charge in [-0.15, -0.1) is 0 Å². The molecular formula is C20H22N2O4. The number of fused-ring (bicyclic) bond motifs is 1. The number of para-hydroxylation sites is 2. The Kier molecular flexibility index (Phi) is 5.11. The number of benzene rings is 2. The van der Waals surface area contributed by atoms with E-state index in [1.165, 1.54) is 4.57 Å². The summed E-state index contributed by atoms with van der Waals surface area (Å²) in [5.74, 6) is 0.00201. The lowest BCUT2D eigenvalue weighted by Crippen LogP contribution is -2.35. The first kappa shape index (κ1) is 17.8. The molecule has 6 nitrogen and oxygen atoms in total. The second-order valence-electron chi connectivity index (χ2n) is 6.11. The summed E-state index contributed by atoms with van der Waals surface area (Å²) in [5.41, 5.74) is 2.03. The number of hydrogen-bond acceptors (Lipinski definition) is 4. The van der Waals surface area contributed by atoms with Gasteiger partial charge in [-0.2, -0.15) is 0 Å². The highest BCUT2D eigenvalue weighted by Crippen LogP contribution is 2.20. The minimum atomic E-state index is -0.684. The van der Waals surface area contributed by atoms with Crippen LogP contribution in [0.2, 0.25) is 0 Å². The Morgan fingerprint density at radius 3 is 2.54 bits per heavy atom. The number of carbonyl (C=O) groups is 1. The number of hydrogen-bond donors (Lipinski definition) is 1. The minimum Gasteiger partial charge on any atom is -0.494 e. The van der Waals surface area contributed by atoms with Crippen LogP contribution >= 0.6 is 0 Å². The highest BCUT2D eigenvalue weighted by Gasteiger charge is 2.22. The summed E-state index contributed by atoms with van der Waals surface area (Å²) >= 11 is 0. The van der Waals surface area contributed by atoms with Crippen LogP contribution in [-0.2, 0) is 4.79 Å². The molecule has 26 heavy (non-hydrogen) atoms. The summed E-state index contributed by atoms with van der Waals surface area (Å²) < 4.78 is 12.0. The third-order valence-corrected chi connectivity index (χ3v) is 4.34. The van der Waals surface area contributed by atoms with Gasteiger partial charge in [0.05, 0.1) is 18.2 Å². The average molecular weight is 354 g/mol. The Bertz CT molecular complexity index is 956. The molecule has 0 fully saturated rings. The van der Waals surface area contributed by atoms with Crippen LogP contribution in [-0.4, -0.2) is 17.1 Å². The van der Waals surface area contributed by atoms with Crippen molar-refractivity contribution in [1.29, 1.82) is 0 Å². The molecule has 2 aromatic carbocycles. The maximum atomic E-state index is 12.7. The summed E-state index contributed by atoms with van der Waals surface area (Å²) in [4.78, 5) is 24.8. The van der Waals surface area contributed by atoms with Gasteiger partial charge in [0.2, 0.25) is 5.91 Å². The van der Waals surface area contributed by atoms with Gasteiger partial charge in [-0.05, 0) is 50.6 Å². The molecule has 136 valence electrons. The quantitative estimate of drug-likeness (QED) is 0.736. The second-order valence-corrected chi connectivity index (χ2v) is 6.11. The smallest absolute Gasteiger partial charge is 0.420 e. The SMILES string of the molecule is CCOc1ccc(C(C)NC(=O)C(C)n2c(=O)oc3ccccc32)cc1. The van der Waals surface area contributed by atoms with E-state index in [0.29, 0.717) is 17.7 Å². The predicted molar refractivity (Wildman–Crippen MR) is 99.4 cm³/mol. The van der Waals surface area contributed by atoms with E-state index in [1.807, 2.05) is 38.1 Å². The maximum absolute atomic E-state index is 12.7. The first-order valence-corrected chi connectivity index (χ1v) is 8.64. The molecule has 0 bridgehead atoms. The molecule has 0 spiro atoms. The molecule has 0 aliphatic carbocycles. The minimum absolute atomic E-state index is 0.200. The Morgan fingerprint density at radius 2 is 1.85 bits per heavy atom. The summed E-state index contributed by atoms with van der Waals surface area (Å²) in [6.07, 6.45) is 0. The van der Waals surface area contributed by atoms with E-state index in [4.69, 9.17) is 9.15 Å². The van der Waals surface area contributed by atoms with Gasteiger partial charge in [-0.25, -0.2) is 4.79 Å². The van der Waals surface area contributed by atoms with E-state index in [1.54, 1.807) is 31.2 Å². The Labute approximate surface area is 151 Å². The molecule has 3 rings (SSSR count). The van der Waals surface area contributed by atoms with Crippen LogP contribution in [0.3, 0.4) is 0 Å². The second kappa shape index (κ2) is 7.47. The average Bonchev–Trinajstić information content (AvgIpc) is 2.97. The highest BCUT2D eigenvalue weighted by molar-refractivity contribution is 5.83. The van der Waals surface area contributed by atoms with Gasteiger partial charge in [0, 0.05) is 0 Å². The number of rotatable bonds is 6. The number of nitrogens with one attached hydrogen (secondary N) is 1. The Balaban J connectivity index is 1.76. The van der Waals surface area contributed by atoms with Crippen molar-refractivity contribution in [2.45, 2.75) is 32.9 Å². The summed E-state index contributed by atoms with van der Waals surface area (Å²) in [6.45, 7) is 6.12. The zero-order chi connectivity index (χ0) is 18.7. The van der Waals surface area contributed by atoms with Crippen molar-refractivity contribution in [2.24, 2.45) is 0 Å². The Morgan fingerprint density at radius 1 is 1.15 bits per heavy atom. The molecule has 1 N–H and O–H groups in total. The van der Waals surface area contributed by atoms with E-state index in [-0.39, 0.29) is 11.9 Å². The number of carbonyl (C=O) groups excluding carboxylic acids is 1. The van der Waals surface area contributed by atoms with Crippen molar-refractivity contribution in [3.63, 3.8) is 0 Å². The predicted octanol–water partition coefficient (Wildman–Crippen LogP) is 3.43. The Hall–Kier alpha value is -3.02. The van der Waals surface area contributed by atoms with E-state index in [2.05, 4.69) is 5.32 Å². The van der Waals surface area contributed by atoms with Crippen LogP contribution in [0.4, 0.5) is 0 Å². The number of amides is 1. The molecule has 3 aromatic rings. The molecule has 2 unspecified atom stereocenters. The molecule has 1 heterocycles. The molecular weight excluding hydrogens is 332 g/mol. The van der Waals surface area contributed by atoms with Gasteiger partial charge in [-0.3, -0.25) is 9.36 Å². The number of ether oxygens (including phenoxy) is 1. The lowest BCUT2D eigenvalue weighted by molar-refractivity contribution is -0.124. The molecule has 2 atom stereocenters. The van der Waals surface area contributed by atoms with Gasteiger partial charge < -0.3 is 14.5 Å².